The zero-order valence-corrected chi connectivity index (χ0v) is 29.8. The van der Waals surface area contributed by atoms with Crippen molar-refractivity contribution in [1.29, 1.82) is 0 Å². The number of benzene rings is 1. The van der Waals surface area contributed by atoms with E-state index in [1.165, 1.54) is 35.8 Å². The number of nitrogens with zero attached hydrogens (tertiary/aromatic N) is 4. The molecule has 16 heteroatoms. The lowest BCUT2D eigenvalue weighted by atomic mass is 9.98. The van der Waals surface area contributed by atoms with E-state index < -0.39 is 34.6 Å². The quantitative estimate of drug-likeness (QED) is 0.154. The molecule has 2 aromatic heterocycles. The number of hydrogen-bond donors (Lipinski definition) is 3. The Kier molecular flexibility index (Phi) is 11.4. The lowest BCUT2D eigenvalue weighted by Gasteiger charge is -2.38. The van der Waals surface area contributed by atoms with E-state index in [0.29, 0.717) is 49.4 Å². The van der Waals surface area contributed by atoms with E-state index in [2.05, 4.69) is 39.4 Å². The summed E-state index contributed by atoms with van der Waals surface area (Å²) in [5, 5.41) is 9.69. The van der Waals surface area contributed by atoms with Crippen molar-refractivity contribution in [2.24, 2.45) is 0 Å². The van der Waals surface area contributed by atoms with Crippen molar-refractivity contribution in [3.05, 3.63) is 54.5 Å². The molecule has 3 N–H and O–H groups in total. The summed E-state index contributed by atoms with van der Waals surface area (Å²) in [5.41, 5.74) is 1.25. The Labute approximate surface area is 295 Å². The van der Waals surface area contributed by atoms with E-state index in [9.17, 15) is 26.4 Å². The Bertz CT molecular complexity index is 1940. The van der Waals surface area contributed by atoms with Crippen molar-refractivity contribution < 1.29 is 35.5 Å². The normalized spacial score (nSPS) is 21.5. The van der Waals surface area contributed by atoms with Crippen LogP contribution in [0.5, 0.6) is 5.75 Å². The van der Waals surface area contributed by atoms with E-state index in [0.717, 1.165) is 6.26 Å². The van der Waals surface area contributed by atoms with Crippen LogP contribution in [0.2, 0.25) is 0 Å². The van der Waals surface area contributed by atoms with E-state index in [1.54, 1.807) is 17.2 Å². The van der Waals surface area contributed by atoms with Gasteiger partial charge in [0.25, 0.3) is 0 Å². The average molecular weight is 734 g/mol. The van der Waals surface area contributed by atoms with E-state index in [-0.39, 0.29) is 58.8 Å². The number of piperidine rings is 2. The summed E-state index contributed by atoms with van der Waals surface area (Å²) < 4.78 is 88.0. The Morgan fingerprint density at radius 1 is 1.18 bits per heavy atom. The summed E-state index contributed by atoms with van der Waals surface area (Å²) in [4.78, 5) is 20.5. The van der Waals surface area contributed by atoms with Gasteiger partial charge in [-0.25, -0.2) is 17.8 Å². The molecule has 2 saturated heterocycles. The average Bonchev–Trinajstić information content (AvgIpc) is 3.39. The Morgan fingerprint density at radius 3 is 2.59 bits per heavy atom. The maximum atomic E-state index is 15.2. The van der Waals surface area contributed by atoms with Crippen molar-refractivity contribution >= 4 is 38.5 Å². The second-order valence-corrected chi connectivity index (χ2v) is 15.1. The summed E-state index contributed by atoms with van der Waals surface area (Å²) in [6.07, 6.45) is -1.50. The lowest BCUT2D eigenvalue weighted by molar-refractivity contribution is -0.129. The van der Waals surface area contributed by atoms with Gasteiger partial charge < -0.3 is 30.5 Å². The molecule has 0 saturated carbocycles. The van der Waals surface area contributed by atoms with Crippen LogP contribution in [0.15, 0.2) is 48.0 Å². The number of hydrogen-bond acceptors (Lipinski definition) is 9. The molecule has 51 heavy (non-hydrogen) atoms. The number of sulfone groups is 1. The number of ether oxygens (including phenoxy) is 1. The van der Waals surface area contributed by atoms with Gasteiger partial charge in [0, 0.05) is 50.2 Å². The predicted octanol–water partition coefficient (Wildman–Crippen LogP) is 4.75. The first-order valence-corrected chi connectivity index (χ1v) is 18.5. The summed E-state index contributed by atoms with van der Waals surface area (Å²) in [6.45, 7) is 6.84. The summed E-state index contributed by atoms with van der Waals surface area (Å²) in [7, 11) is -0.255. The first-order chi connectivity index (χ1) is 24.1. The highest BCUT2D eigenvalue weighted by Crippen LogP contribution is 2.32. The van der Waals surface area contributed by atoms with Crippen molar-refractivity contribution in [3.8, 4) is 17.6 Å². The highest BCUT2D eigenvalue weighted by atomic mass is 32.2. The number of pyridine rings is 1. The standard InChI is InChI=1S/C35H43F4N7O4S/c1-6-33(47)45-15-11-23(16-22(45)2)41-24-17-30(42-27-12-14-44(3)21-26(27)36)34-43-28(31(46(34)20-24)19-35(37,38)39)8-7-13-40-29-10-9-25(51(5,48)49)18-32(29)50-4/h6,9-10,17-18,20,22-23,26-27,40-42H,1,11-16,19,21H2,2-5H3/t22-,23?,26-,27+/m0/s1. The van der Waals surface area contributed by atoms with Crippen LogP contribution in [0.4, 0.5) is 34.6 Å². The van der Waals surface area contributed by atoms with Crippen molar-refractivity contribution in [1.82, 2.24) is 19.2 Å². The molecule has 3 aromatic rings. The van der Waals surface area contributed by atoms with Gasteiger partial charge in [-0.15, -0.1) is 0 Å². The number of likely N-dealkylation sites (tertiary alicyclic amines) is 2. The Morgan fingerprint density at radius 2 is 1.94 bits per heavy atom. The number of carbonyl (C=O) groups is 1. The third-order valence-electron chi connectivity index (χ3n) is 9.15. The number of aromatic nitrogens is 2. The van der Waals surface area contributed by atoms with Crippen LogP contribution in [0.1, 0.15) is 37.6 Å². The molecule has 4 atom stereocenters. The largest absolute Gasteiger partial charge is 0.495 e. The van der Waals surface area contributed by atoms with Crippen LogP contribution in [0.25, 0.3) is 5.65 Å². The highest BCUT2D eigenvalue weighted by Gasteiger charge is 2.34. The fraction of sp³-hybridized carbons (Fsp3) is 0.486. The van der Waals surface area contributed by atoms with Gasteiger partial charge in [0.2, 0.25) is 5.91 Å². The molecule has 0 bridgehead atoms. The van der Waals surface area contributed by atoms with Crippen molar-refractivity contribution in [2.45, 2.75) is 68.0 Å². The lowest BCUT2D eigenvalue weighted by Crippen LogP contribution is -2.47. The highest BCUT2D eigenvalue weighted by molar-refractivity contribution is 7.90. The van der Waals surface area contributed by atoms with Crippen LogP contribution in [-0.2, 0) is 21.1 Å². The zero-order valence-electron chi connectivity index (χ0n) is 29.0. The number of fused-ring (bicyclic) bond motifs is 1. The second kappa shape index (κ2) is 15.4. The number of imidazole rings is 1. The van der Waals surface area contributed by atoms with Crippen LogP contribution in [-0.4, -0.2) is 111 Å². The van der Waals surface area contributed by atoms with Gasteiger partial charge in [-0.2, -0.15) is 13.2 Å². The summed E-state index contributed by atoms with van der Waals surface area (Å²) in [6, 6.07) is 5.28. The minimum atomic E-state index is -4.59. The van der Waals surface area contributed by atoms with Gasteiger partial charge in [0.05, 0.1) is 53.8 Å². The van der Waals surface area contributed by atoms with E-state index >= 15 is 4.39 Å². The fourth-order valence-corrected chi connectivity index (χ4v) is 7.19. The van der Waals surface area contributed by atoms with Gasteiger partial charge >= 0.3 is 6.18 Å². The third-order valence-corrected chi connectivity index (χ3v) is 10.3. The number of methoxy groups -OCH3 is 1. The Hall–Kier alpha value is -4.49. The summed E-state index contributed by atoms with van der Waals surface area (Å²) >= 11 is 0. The van der Waals surface area contributed by atoms with Crippen LogP contribution < -0.4 is 20.7 Å². The maximum Gasteiger partial charge on any atom is 0.394 e. The van der Waals surface area contributed by atoms with Gasteiger partial charge in [-0.3, -0.25) is 9.20 Å². The maximum absolute atomic E-state index is 15.2. The zero-order chi connectivity index (χ0) is 37.1. The molecular weight excluding hydrogens is 690 g/mol. The third kappa shape index (κ3) is 9.25. The number of amides is 1. The minimum absolute atomic E-state index is 0.0177. The van der Waals surface area contributed by atoms with Crippen molar-refractivity contribution in [3.63, 3.8) is 0 Å². The molecule has 2 fully saturated rings. The molecule has 2 aliphatic heterocycles. The molecule has 0 spiro atoms. The first kappa shape index (κ1) is 37.8. The first-order valence-electron chi connectivity index (χ1n) is 16.6. The van der Waals surface area contributed by atoms with E-state index in [4.69, 9.17) is 4.74 Å². The van der Waals surface area contributed by atoms with Gasteiger partial charge in [-0.1, -0.05) is 12.5 Å². The number of nitrogens with one attached hydrogen (secondary N) is 3. The molecule has 11 nitrogen and oxygen atoms in total. The molecule has 0 aliphatic carbocycles. The van der Waals surface area contributed by atoms with Crippen LogP contribution in [0.3, 0.4) is 0 Å². The number of halogens is 4. The molecule has 1 unspecified atom stereocenters. The molecule has 276 valence electrons. The topological polar surface area (TPSA) is 120 Å². The molecule has 2 aliphatic rings. The van der Waals surface area contributed by atoms with Gasteiger partial charge in [0.1, 0.15) is 17.6 Å². The molecule has 4 heterocycles. The molecular formula is C35H43F4N7O4S. The fourth-order valence-electron chi connectivity index (χ4n) is 6.55. The molecule has 1 aromatic carbocycles. The monoisotopic (exact) mass is 733 g/mol. The van der Waals surface area contributed by atoms with Gasteiger partial charge in [-0.05, 0) is 63.4 Å². The van der Waals surface area contributed by atoms with Crippen LogP contribution >= 0.6 is 0 Å². The van der Waals surface area contributed by atoms with E-state index in [1.807, 2.05) is 18.9 Å². The molecule has 0 radical (unpaired) electrons. The predicted molar refractivity (Wildman–Crippen MR) is 189 cm³/mol. The van der Waals surface area contributed by atoms with Crippen LogP contribution in [0, 0.1) is 11.8 Å². The second-order valence-electron chi connectivity index (χ2n) is 13.1. The minimum Gasteiger partial charge on any atom is -0.495 e. The smallest absolute Gasteiger partial charge is 0.394 e. The number of alkyl halides is 4. The van der Waals surface area contributed by atoms with Crippen molar-refractivity contribution in [2.75, 3.05) is 62.5 Å². The number of anilines is 3. The molecule has 5 rings (SSSR count). The SMILES string of the molecule is C=CC(=O)N1CCC(Nc2cc(N[C@@H]3CCN(C)C[C@@H]3F)c3nc(C#CCNc4ccc(S(C)(=O)=O)cc4OC)c(CC(F)(F)F)n3c2)C[C@@H]1C. The number of rotatable bonds is 10. The molecule has 1 amide bonds. The number of carbonyl (C=O) groups excluding carboxylic acids is 1. The Balaban J connectivity index is 1.49. The summed E-state index contributed by atoms with van der Waals surface area (Å²) in [5.74, 6) is 5.72. The van der Waals surface area contributed by atoms with Gasteiger partial charge in [0.15, 0.2) is 15.5 Å².